The molecule has 2 atom stereocenters. The SMILES string of the molecule is O=C(CCCC1CCCCC1)NC1COCC1C(=O)O. The third-order valence-electron chi connectivity index (χ3n) is 4.49. The van der Waals surface area contributed by atoms with Crippen LogP contribution in [0.25, 0.3) is 0 Å². The number of hydrogen-bond acceptors (Lipinski definition) is 3. The Kier molecular flexibility index (Phi) is 5.83. The van der Waals surface area contributed by atoms with Crippen molar-refractivity contribution in [3.63, 3.8) is 0 Å². The molecule has 0 bridgehead atoms. The molecule has 5 heteroatoms. The standard InChI is InChI=1S/C15H25NO4/c17-14(8-4-7-11-5-2-1-3-6-11)16-13-10-20-9-12(13)15(18)19/h11-13H,1-10H2,(H,16,17)(H,18,19). The van der Waals surface area contributed by atoms with Gasteiger partial charge in [-0.1, -0.05) is 32.1 Å². The number of hydrogen-bond donors (Lipinski definition) is 2. The number of carboxylic acid groups (broad SMARTS) is 1. The zero-order valence-electron chi connectivity index (χ0n) is 12.0. The highest BCUT2D eigenvalue weighted by Crippen LogP contribution is 2.27. The van der Waals surface area contributed by atoms with E-state index < -0.39 is 11.9 Å². The predicted molar refractivity (Wildman–Crippen MR) is 74.3 cm³/mol. The Morgan fingerprint density at radius 2 is 1.90 bits per heavy atom. The van der Waals surface area contributed by atoms with Crippen LogP contribution in [0.3, 0.4) is 0 Å². The zero-order valence-corrected chi connectivity index (χ0v) is 12.0. The van der Waals surface area contributed by atoms with E-state index in [9.17, 15) is 9.59 Å². The fourth-order valence-electron chi connectivity index (χ4n) is 3.25. The summed E-state index contributed by atoms with van der Waals surface area (Å²) in [4.78, 5) is 22.8. The van der Waals surface area contributed by atoms with Crippen LogP contribution in [0, 0.1) is 11.8 Å². The molecular weight excluding hydrogens is 258 g/mol. The minimum Gasteiger partial charge on any atom is -0.481 e. The molecule has 20 heavy (non-hydrogen) atoms. The summed E-state index contributed by atoms with van der Waals surface area (Å²) in [5.74, 6) is -0.743. The number of ether oxygens (including phenoxy) is 1. The van der Waals surface area contributed by atoms with Crippen molar-refractivity contribution in [3.8, 4) is 0 Å². The first-order valence-corrected chi connectivity index (χ1v) is 7.76. The van der Waals surface area contributed by atoms with Gasteiger partial charge in [-0.25, -0.2) is 0 Å². The number of rotatable bonds is 6. The second-order valence-corrected chi connectivity index (χ2v) is 6.05. The van der Waals surface area contributed by atoms with Crippen LogP contribution in [0.2, 0.25) is 0 Å². The van der Waals surface area contributed by atoms with Crippen molar-refractivity contribution in [3.05, 3.63) is 0 Å². The van der Waals surface area contributed by atoms with Gasteiger partial charge >= 0.3 is 5.97 Å². The van der Waals surface area contributed by atoms with E-state index in [2.05, 4.69) is 5.32 Å². The third kappa shape index (κ3) is 4.47. The van der Waals surface area contributed by atoms with Gasteiger partial charge in [0.15, 0.2) is 0 Å². The van der Waals surface area contributed by atoms with Crippen LogP contribution in [0.4, 0.5) is 0 Å². The van der Waals surface area contributed by atoms with E-state index in [-0.39, 0.29) is 18.6 Å². The van der Waals surface area contributed by atoms with Gasteiger partial charge in [0.25, 0.3) is 0 Å². The summed E-state index contributed by atoms with van der Waals surface area (Å²) in [5, 5.41) is 11.8. The van der Waals surface area contributed by atoms with E-state index in [4.69, 9.17) is 9.84 Å². The number of nitrogens with one attached hydrogen (secondary N) is 1. The van der Waals surface area contributed by atoms with E-state index >= 15 is 0 Å². The molecule has 0 radical (unpaired) electrons. The molecule has 0 aromatic carbocycles. The summed E-state index contributed by atoms with van der Waals surface area (Å²) < 4.78 is 5.14. The van der Waals surface area contributed by atoms with Crippen molar-refractivity contribution in [1.82, 2.24) is 5.32 Å². The van der Waals surface area contributed by atoms with Gasteiger partial charge in [0.2, 0.25) is 5.91 Å². The Labute approximate surface area is 120 Å². The topological polar surface area (TPSA) is 75.6 Å². The molecule has 0 aromatic rings. The lowest BCUT2D eigenvalue weighted by Gasteiger charge is -2.21. The summed E-state index contributed by atoms with van der Waals surface area (Å²) in [6.07, 6.45) is 9.15. The molecule has 5 nitrogen and oxygen atoms in total. The van der Waals surface area contributed by atoms with Gasteiger partial charge < -0.3 is 15.2 Å². The van der Waals surface area contributed by atoms with Crippen molar-refractivity contribution >= 4 is 11.9 Å². The second kappa shape index (κ2) is 7.62. The van der Waals surface area contributed by atoms with E-state index in [1.54, 1.807) is 0 Å². The molecule has 2 aliphatic rings. The van der Waals surface area contributed by atoms with Crippen LogP contribution in [-0.2, 0) is 14.3 Å². The van der Waals surface area contributed by atoms with E-state index in [0.29, 0.717) is 13.0 Å². The maximum Gasteiger partial charge on any atom is 0.311 e. The van der Waals surface area contributed by atoms with E-state index in [0.717, 1.165) is 18.8 Å². The Morgan fingerprint density at radius 3 is 2.60 bits per heavy atom. The Hall–Kier alpha value is -1.10. The first-order chi connectivity index (χ1) is 9.66. The molecule has 1 aliphatic carbocycles. The van der Waals surface area contributed by atoms with Gasteiger partial charge in [0.1, 0.15) is 5.92 Å². The lowest BCUT2D eigenvalue weighted by atomic mass is 9.86. The molecule has 2 rings (SSSR count). The maximum absolute atomic E-state index is 11.8. The molecule has 1 amide bonds. The average Bonchev–Trinajstić information content (AvgIpc) is 2.88. The molecular formula is C15H25NO4. The highest BCUT2D eigenvalue weighted by Gasteiger charge is 2.34. The average molecular weight is 283 g/mol. The minimum absolute atomic E-state index is 0.0393. The quantitative estimate of drug-likeness (QED) is 0.781. The Balaban J connectivity index is 1.63. The van der Waals surface area contributed by atoms with Gasteiger partial charge in [-0.2, -0.15) is 0 Å². The Morgan fingerprint density at radius 1 is 1.15 bits per heavy atom. The highest BCUT2D eigenvalue weighted by atomic mass is 16.5. The van der Waals surface area contributed by atoms with Crippen LogP contribution in [0.1, 0.15) is 51.4 Å². The van der Waals surface area contributed by atoms with Crippen molar-refractivity contribution in [2.45, 2.75) is 57.4 Å². The molecule has 1 saturated carbocycles. The predicted octanol–water partition coefficient (Wildman–Crippen LogP) is 1.95. The minimum atomic E-state index is -0.894. The first-order valence-electron chi connectivity index (χ1n) is 7.76. The lowest BCUT2D eigenvalue weighted by Crippen LogP contribution is -2.42. The van der Waals surface area contributed by atoms with Gasteiger partial charge in [-0.05, 0) is 18.8 Å². The smallest absolute Gasteiger partial charge is 0.311 e. The van der Waals surface area contributed by atoms with Crippen molar-refractivity contribution < 1.29 is 19.4 Å². The highest BCUT2D eigenvalue weighted by molar-refractivity contribution is 5.78. The van der Waals surface area contributed by atoms with Crippen LogP contribution < -0.4 is 5.32 Å². The molecule has 2 fully saturated rings. The summed E-state index contributed by atoms with van der Waals surface area (Å²) in [5.41, 5.74) is 0. The van der Waals surface area contributed by atoms with Crippen LogP contribution in [0.15, 0.2) is 0 Å². The number of aliphatic carboxylic acids is 1. The molecule has 2 unspecified atom stereocenters. The monoisotopic (exact) mass is 283 g/mol. The molecule has 1 heterocycles. The zero-order chi connectivity index (χ0) is 14.4. The molecule has 1 saturated heterocycles. The Bertz CT molecular complexity index is 339. The van der Waals surface area contributed by atoms with Crippen LogP contribution >= 0.6 is 0 Å². The normalized spacial score (nSPS) is 27.4. The maximum atomic E-state index is 11.8. The summed E-state index contributed by atoms with van der Waals surface area (Å²) in [6, 6.07) is -0.366. The molecule has 114 valence electrons. The third-order valence-corrected chi connectivity index (χ3v) is 4.49. The molecule has 2 N–H and O–H groups in total. The van der Waals surface area contributed by atoms with Crippen molar-refractivity contribution in [1.29, 1.82) is 0 Å². The number of amides is 1. The molecule has 0 aromatic heterocycles. The van der Waals surface area contributed by atoms with Gasteiger partial charge in [-0.15, -0.1) is 0 Å². The summed E-state index contributed by atoms with van der Waals surface area (Å²) in [6.45, 7) is 0.508. The largest absolute Gasteiger partial charge is 0.481 e. The summed E-state index contributed by atoms with van der Waals surface area (Å²) >= 11 is 0. The van der Waals surface area contributed by atoms with E-state index in [1.807, 2.05) is 0 Å². The van der Waals surface area contributed by atoms with E-state index in [1.165, 1.54) is 32.1 Å². The first kappa shape index (κ1) is 15.3. The van der Waals surface area contributed by atoms with Crippen molar-refractivity contribution in [2.75, 3.05) is 13.2 Å². The number of carbonyl (C=O) groups is 2. The fraction of sp³-hybridized carbons (Fsp3) is 0.867. The van der Waals surface area contributed by atoms with Crippen molar-refractivity contribution in [2.24, 2.45) is 11.8 Å². The lowest BCUT2D eigenvalue weighted by molar-refractivity contribution is -0.142. The number of carboxylic acids is 1. The van der Waals surface area contributed by atoms with Gasteiger partial charge in [0.05, 0.1) is 19.3 Å². The van der Waals surface area contributed by atoms with Gasteiger partial charge in [-0.3, -0.25) is 9.59 Å². The summed E-state index contributed by atoms with van der Waals surface area (Å²) in [7, 11) is 0. The van der Waals surface area contributed by atoms with Gasteiger partial charge in [0, 0.05) is 6.42 Å². The second-order valence-electron chi connectivity index (χ2n) is 6.05. The van der Waals surface area contributed by atoms with Crippen LogP contribution in [0.5, 0.6) is 0 Å². The molecule has 0 spiro atoms. The molecule has 1 aliphatic heterocycles. The fourth-order valence-corrected chi connectivity index (χ4v) is 3.25. The van der Waals surface area contributed by atoms with Crippen LogP contribution in [-0.4, -0.2) is 36.2 Å². The number of carbonyl (C=O) groups excluding carboxylic acids is 1.